The average molecular weight is 202 g/mol. The lowest BCUT2D eigenvalue weighted by atomic mass is 10.1. The van der Waals surface area contributed by atoms with E-state index < -0.39 is 5.60 Å². The zero-order valence-corrected chi connectivity index (χ0v) is 9.59. The van der Waals surface area contributed by atoms with Crippen LogP contribution in [0.2, 0.25) is 0 Å². The van der Waals surface area contributed by atoms with Crippen molar-refractivity contribution in [2.75, 3.05) is 13.6 Å². The predicted octanol–water partition coefficient (Wildman–Crippen LogP) is 0.655. The summed E-state index contributed by atoms with van der Waals surface area (Å²) in [4.78, 5) is 11.6. The first-order chi connectivity index (χ1) is 6.40. The molecule has 0 saturated heterocycles. The van der Waals surface area contributed by atoms with Crippen LogP contribution >= 0.6 is 0 Å². The highest BCUT2D eigenvalue weighted by Gasteiger charge is 2.23. The number of likely N-dealkylation sites (N-methyl/N-ethyl adjacent to an activating group) is 1. The van der Waals surface area contributed by atoms with Crippen molar-refractivity contribution in [2.24, 2.45) is 5.73 Å². The Morgan fingerprint density at radius 2 is 2.07 bits per heavy atom. The zero-order chi connectivity index (χ0) is 11.2. The second-order valence-corrected chi connectivity index (χ2v) is 4.31. The summed E-state index contributed by atoms with van der Waals surface area (Å²) in [5, 5.41) is 2.93. The highest BCUT2D eigenvalue weighted by atomic mass is 16.6. The molecule has 0 saturated carbocycles. The maximum Gasteiger partial charge on any atom is 0.323 e. The normalized spacial score (nSPS) is 13.8. The molecule has 4 heteroatoms. The van der Waals surface area contributed by atoms with Crippen molar-refractivity contribution in [2.45, 2.75) is 45.3 Å². The van der Waals surface area contributed by atoms with Crippen LogP contribution in [0.5, 0.6) is 0 Å². The van der Waals surface area contributed by atoms with Gasteiger partial charge in [0.15, 0.2) is 0 Å². The summed E-state index contributed by atoms with van der Waals surface area (Å²) in [6.45, 7) is 6.18. The van der Waals surface area contributed by atoms with Gasteiger partial charge in [-0.05, 0) is 47.2 Å². The van der Waals surface area contributed by atoms with E-state index >= 15 is 0 Å². The van der Waals surface area contributed by atoms with E-state index in [-0.39, 0.29) is 12.0 Å². The van der Waals surface area contributed by atoms with Crippen LogP contribution in [0.1, 0.15) is 33.6 Å². The lowest BCUT2D eigenvalue weighted by molar-refractivity contribution is -0.157. The average Bonchev–Trinajstić information content (AvgIpc) is 2.02. The van der Waals surface area contributed by atoms with E-state index in [1.54, 1.807) is 7.05 Å². The van der Waals surface area contributed by atoms with E-state index in [2.05, 4.69) is 5.32 Å². The maximum atomic E-state index is 11.6. The third-order valence-corrected chi connectivity index (χ3v) is 1.74. The Labute approximate surface area is 86.2 Å². The molecule has 0 aliphatic carbocycles. The van der Waals surface area contributed by atoms with E-state index in [1.165, 1.54) is 0 Å². The van der Waals surface area contributed by atoms with Crippen molar-refractivity contribution in [1.82, 2.24) is 5.32 Å². The number of hydrogen-bond donors (Lipinski definition) is 2. The fourth-order valence-electron chi connectivity index (χ4n) is 1.07. The van der Waals surface area contributed by atoms with Crippen LogP contribution in [0.4, 0.5) is 0 Å². The molecule has 0 bridgehead atoms. The van der Waals surface area contributed by atoms with E-state index in [0.29, 0.717) is 6.54 Å². The van der Waals surface area contributed by atoms with Gasteiger partial charge in [-0.1, -0.05) is 0 Å². The van der Waals surface area contributed by atoms with E-state index in [9.17, 15) is 4.79 Å². The van der Waals surface area contributed by atoms with Gasteiger partial charge in [0.25, 0.3) is 0 Å². The number of carbonyl (C=O) groups excluding carboxylic acids is 1. The van der Waals surface area contributed by atoms with Crippen LogP contribution in [0, 0.1) is 0 Å². The van der Waals surface area contributed by atoms with Crippen LogP contribution in [0.15, 0.2) is 0 Å². The van der Waals surface area contributed by atoms with Gasteiger partial charge in [-0.2, -0.15) is 0 Å². The van der Waals surface area contributed by atoms with Crippen molar-refractivity contribution in [3.8, 4) is 0 Å². The Morgan fingerprint density at radius 3 is 2.43 bits per heavy atom. The molecule has 1 atom stereocenters. The van der Waals surface area contributed by atoms with Gasteiger partial charge in [-0.25, -0.2) is 0 Å². The number of esters is 1. The van der Waals surface area contributed by atoms with Gasteiger partial charge < -0.3 is 15.8 Å². The molecule has 0 aliphatic heterocycles. The van der Waals surface area contributed by atoms with Crippen molar-refractivity contribution in [3.05, 3.63) is 0 Å². The monoisotopic (exact) mass is 202 g/mol. The summed E-state index contributed by atoms with van der Waals surface area (Å²) in [5.41, 5.74) is 4.96. The molecule has 0 aromatic heterocycles. The Bertz CT molecular complexity index is 175. The highest BCUT2D eigenvalue weighted by molar-refractivity contribution is 5.76. The molecule has 0 amide bonds. The molecule has 14 heavy (non-hydrogen) atoms. The lowest BCUT2D eigenvalue weighted by Crippen LogP contribution is -2.39. The Hall–Kier alpha value is -0.610. The molecule has 0 spiro atoms. The highest BCUT2D eigenvalue weighted by Crippen LogP contribution is 2.10. The number of rotatable bonds is 5. The summed E-state index contributed by atoms with van der Waals surface area (Å²) >= 11 is 0. The maximum absolute atomic E-state index is 11.6. The third kappa shape index (κ3) is 5.94. The zero-order valence-electron chi connectivity index (χ0n) is 9.59. The minimum absolute atomic E-state index is 0.201. The second-order valence-electron chi connectivity index (χ2n) is 4.31. The number of ether oxygens (including phenoxy) is 1. The van der Waals surface area contributed by atoms with E-state index in [4.69, 9.17) is 10.5 Å². The Balaban J connectivity index is 4.04. The Morgan fingerprint density at radius 1 is 1.50 bits per heavy atom. The molecule has 0 radical (unpaired) electrons. The van der Waals surface area contributed by atoms with Gasteiger partial charge >= 0.3 is 5.97 Å². The summed E-state index contributed by atoms with van der Waals surface area (Å²) in [5.74, 6) is -0.201. The van der Waals surface area contributed by atoms with Gasteiger partial charge in [0.2, 0.25) is 0 Å². The van der Waals surface area contributed by atoms with Crippen molar-refractivity contribution >= 4 is 5.97 Å². The lowest BCUT2D eigenvalue weighted by Gasteiger charge is -2.23. The molecule has 0 heterocycles. The van der Waals surface area contributed by atoms with Gasteiger partial charge in [-0.15, -0.1) is 0 Å². The summed E-state index contributed by atoms with van der Waals surface area (Å²) in [6.07, 6.45) is 1.55. The molecule has 0 unspecified atom stereocenters. The molecule has 84 valence electrons. The SMILES string of the molecule is CN[C@H](CCCN)C(=O)OC(C)(C)C. The third-order valence-electron chi connectivity index (χ3n) is 1.74. The predicted molar refractivity (Wildman–Crippen MR) is 57.0 cm³/mol. The van der Waals surface area contributed by atoms with Crippen LogP contribution in [-0.2, 0) is 9.53 Å². The standard InChI is InChI=1S/C10H22N2O2/c1-10(2,3)14-9(13)8(12-4)6-5-7-11/h8,12H,5-7,11H2,1-4H3/t8-/m1/s1. The second kappa shape index (κ2) is 5.98. The van der Waals surface area contributed by atoms with E-state index in [0.717, 1.165) is 12.8 Å². The van der Waals surface area contributed by atoms with Gasteiger partial charge in [0, 0.05) is 0 Å². The van der Waals surface area contributed by atoms with Crippen molar-refractivity contribution in [1.29, 1.82) is 0 Å². The summed E-state index contributed by atoms with van der Waals surface area (Å²) < 4.78 is 5.25. The fourth-order valence-corrected chi connectivity index (χ4v) is 1.07. The van der Waals surface area contributed by atoms with Gasteiger partial charge in [0.05, 0.1) is 0 Å². The van der Waals surface area contributed by atoms with Crippen LogP contribution in [0.3, 0.4) is 0 Å². The Kier molecular flexibility index (Phi) is 5.72. The van der Waals surface area contributed by atoms with E-state index in [1.807, 2.05) is 20.8 Å². The van der Waals surface area contributed by atoms with Gasteiger partial charge in [-0.3, -0.25) is 4.79 Å². The fraction of sp³-hybridized carbons (Fsp3) is 0.900. The van der Waals surface area contributed by atoms with Gasteiger partial charge in [0.1, 0.15) is 11.6 Å². The number of nitrogens with two attached hydrogens (primary N) is 1. The first-order valence-electron chi connectivity index (χ1n) is 5.01. The largest absolute Gasteiger partial charge is 0.459 e. The molecule has 4 nitrogen and oxygen atoms in total. The first-order valence-corrected chi connectivity index (χ1v) is 5.01. The number of nitrogens with one attached hydrogen (secondary N) is 1. The summed E-state index contributed by atoms with van der Waals surface area (Å²) in [6, 6.07) is -0.238. The molecule has 0 aliphatic rings. The minimum atomic E-state index is -0.422. The molecule has 0 aromatic carbocycles. The quantitative estimate of drug-likeness (QED) is 0.643. The minimum Gasteiger partial charge on any atom is -0.459 e. The van der Waals surface area contributed by atoms with Crippen LogP contribution in [0.25, 0.3) is 0 Å². The molecular formula is C10H22N2O2. The number of hydrogen-bond acceptors (Lipinski definition) is 4. The first kappa shape index (κ1) is 13.4. The molecule has 3 N–H and O–H groups in total. The smallest absolute Gasteiger partial charge is 0.323 e. The number of carbonyl (C=O) groups is 1. The van der Waals surface area contributed by atoms with Crippen LogP contribution < -0.4 is 11.1 Å². The molecule has 0 fully saturated rings. The van der Waals surface area contributed by atoms with Crippen molar-refractivity contribution < 1.29 is 9.53 Å². The molecule has 0 aromatic rings. The van der Waals surface area contributed by atoms with Crippen LogP contribution in [-0.4, -0.2) is 31.2 Å². The molecule has 0 rings (SSSR count). The van der Waals surface area contributed by atoms with Crippen molar-refractivity contribution in [3.63, 3.8) is 0 Å². The summed E-state index contributed by atoms with van der Waals surface area (Å²) in [7, 11) is 1.76. The molecular weight excluding hydrogens is 180 g/mol. The topological polar surface area (TPSA) is 64.3 Å².